The molecule has 0 radical (unpaired) electrons. The Balaban J connectivity index is -0.000000351. The van der Waals surface area contributed by atoms with Crippen LogP contribution in [0.1, 0.15) is 47.0 Å². The zero-order valence-electron chi connectivity index (χ0n) is 15.7. The van der Waals surface area contributed by atoms with Gasteiger partial charge in [-0.25, -0.2) is 4.79 Å². The summed E-state index contributed by atoms with van der Waals surface area (Å²) in [6.07, 6.45) is 7.51. The van der Waals surface area contributed by atoms with E-state index >= 15 is 0 Å². The molecule has 0 aromatic rings. The molecule has 0 heterocycles. The first-order valence-electron chi connectivity index (χ1n) is 7.69. The number of halogens is 1. The minimum atomic E-state index is -0.389. The number of unbranched alkanes of at least 4 members (excludes halogenated alkanes) is 2. The van der Waals surface area contributed by atoms with E-state index in [2.05, 4.69) is 52.2 Å². The highest BCUT2D eigenvalue weighted by Crippen LogP contribution is 2.13. The molecule has 0 aliphatic carbocycles. The number of ether oxygens (including phenoxy) is 1. The maximum Gasteiger partial charge on any atom is 0.407 e. The molecular formula is C17H33BrN2O3S. The van der Waals surface area contributed by atoms with Gasteiger partial charge in [-0.15, -0.1) is 12.6 Å². The van der Waals surface area contributed by atoms with Crippen molar-refractivity contribution in [2.75, 3.05) is 20.6 Å². The lowest BCUT2D eigenvalue weighted by Crippen LogP contribution is -2.30. The van der Waals surface area contributed by atoms with Gasteiger partial charge in [0.05, 0.1) is 0 Å². The number of carbonyl (C=O) groups excluding carboxylic acids is 2. The van der Waals surface area contributed by atoms with Crippen molar-refractivity contribution in [2.24, 2.45) is 0 Å². The van der Waals surface area contributed by atoms with Crippen LogP contribution in [0.3, 0.4) is 0 Å². The number of thiol groups is 1. The van der Waals surface area contributed by atoms with E-state index in [0.29, 0.717) is 0 Å². The highest BCUT2D eigenvalue weighted by molar-refractivity contribution is 9.13. The molecule has 0 atom stereocenters. The predicted octanol–water partition coefficient (Wildman–Crippen LogP) is 4.44. The number of amides is 1. The second-order valence-electron chi connectivity index (χ2n) is 5.77. The molecule has 0 spiro atoms. The van der Waals surface area contributed by atoms with Crippen molar-refractivity contribution in [3.05, 3.63) is 21.5 Å². The first kappa shape index (κ1) is 28.0. The van der Waals surface area contributed by atoms with Crippen molar-refractivity contribution in [1.29, 1.82) is 0 Å². The molecule has 0 aromatic heterocycles. The van der Waals surface area contributed by atoms with Crippen molar-refractivity contribution in [1.82, 2.24) is 10.6 Å². The lowest BCUT2D eigenvalue weighted by molar-refractivity contribution is -0.0980. The molecule has 0 aliphatic rings. The largest absolute Gasteiger partial charge is 0.444 e. The molecule has 5 nitrogen and oxygen atoms in total. The van der Waals surface area contributed by atoms with Gasteiger partial charge in [0.1, 0.15) is 12.4 Å². The van der Waals surface area contributed by atoms with E-state index in [-0.39, 0.29) is 11.7 Å². The van der Waals surface area contributed by atoms with Crippen LogP contribution in [0.4, 0.5) is 4.79 Å². The topological polar surface area (TPSA) is 67.4 Å². The Morgan fingerprint density at radius 2 is 1.79 bits per heavy atom. The van der Waals surface area contributed by atoms with E-state index in [1.807, 2.05) is 40.7 Å². The highest BCUT2D eigenvalue weighted by Gasteiger charge is 2.13. The fraction of sp³-hybridized carbons (Fsp3) is 0.647. The molecule has 2 N–H and O–H groups in total. The van der Waals surface area contributed by atoms with E-state index < -0.39 is 0 Å². The monoisotopic (exact) mass is 424 g/mol. The molecule has 0 fully saturated rings. The lowest BCUT2D eigenvalue weighted by atomic mass is 10.2. The summed E-state index contributed by atoms with van der Waals surface area (Å²) in [7, 11) is 3.52. The van der Waals surface area contributed by atoms with Crippen molar-refractivity contribution in [3.63, 3.8) is 0 Å². The molecule has 0 saturated carbocycles. The van der Waals surface area contributed by atoms with Crippen molar-refractivity contribution in [2.45, 2.75) is 52.6 Å². The van der Waals surface area contributed by atoms with Crippen LogP contribution in [0.2, 0.25) is 0 Å². The summed E-state index contributed by atoms with van der Waals surface area (Å²) >= 11 is 7.43. The van der Waals surface area contributed by atoms with Gasteiger partial charge in [0.25, 0.3) is 0 Å². The maximum absolute atomic E-state index is 10.5. The van der Waals surface area contributed by atoms with Gasteiger partial charge < -0.3 is 20.2 Å². The van der Waals surface area contributed by atoms with Crippen molar-refractivity contribution < 1.29 is 14.3 Å². The highest BCUT2D eigenvalue weighted by atomic mass is 79.9. The van der Waals surface area contributed by atoms with Crippen molar-refractivity contribution >= 4 is 41.4 Å². The molecule has 24 heavy (non-hydrogen) atoms. The third-order valence-electron chi connectivity index (χ3n) is 2.30. The number of alkyl carbamates (subject to hydrolysis) is 1. The molecule has 0 aromatic carbocycles. The van der Waals surface area contributed by atoms with E-state index in [1.54, 1.807) is 0 Å². The fourth-order valence-corrected chi connectivity index (χ4v) is 1.92. The predicted molar refractivity (Wildman–Crippen MR) is 110 cm³/mol. The summed E-state index contributed by atoms with van der Waals surface area (Å²) in [5.74, 6) is 0. The van der Waals surface area contributed by atoms with Crippen LogP contribution in [0, 0.1) is 0 Å². The minimum Gasteiger partial charge on any atom is -0.444 e. The molecule has 1 amide bonds. The van der Waals surface area contributed by atoms with E-state index in [4.69, 9.17) is 9.53 Å². The summed E-state index contributed by atoms with van der Waals surface area (Å²) in [6.45, 7) is 10.7. The normalized spacial score (nSPS) is 11.5. The average molecular weight is 425 g/mol. The summed E-state index contributed by atoms with van der Waals surface area (Å²) in [6, 6.07) is 0. The van der Waals surface area contributed by atoms with Gasteiger partial charge >= 0.3 is 6.09 Å². The fourth-order valence-electron chi connectivity index (χ4n) is 1.35. The molecule has 0 saturated heterocycles. The lowest BCUT2D eigenvalue weighted by Gasteiger charge is -2.18. The number of rotatable bonds is 6. The molecule has 7 heteroatoms. The average Bonchev–Trinajstić information content (AvgIpc) is 2.47. The van der Waals surface area contributed by atoms with Crippen LogP contribution in [0.5, 0.6) is 0 Å². The second kappa shape index (κ2) is 18.5. The van der Waals surface area contributed by atoms with Crippen molar-refractivity contribution in [3.8, 4) is 0 Å². The second-order valence-corrected chi connectivity index (χ2v) is 7.72. The van der Waals surface area contributed by atoms with Crippen LogP contribution < -0.4 is 10.6 Å². The van der Waals surface area contributed by atoms with Crippen LogP contribution in [-0.2, 0) is 9.53 Å². The third-order valence-corrected chi connectivity index (χ3v) is 2.66. The summed E-state index contributed by atoms with van der Waals surface area (Å²) in [4.78, 5) is 18.5. The van der Waals surface area contributed by atoms with Crippen LogP contribution in [-0.4, -0.2) is 39.1 Å². The number of nitrogens with one attached hydrogen (secondary N) is 2. The maximum atomic E-state index is 10.5. The van der Waals surface area contributed by atoms with Crippen LogP contribution in [0.25, 0.3) is 0 Å². The van der Waals surface area contributed by atoms with Crippen LogP contribution >= 0.6 is 28.6 Å². The molecular weight excluding hydrogens is 392 g/mol. The molecule has 0 bridgehead atoms. The number of hydrogen-bond acceptors (Lipinski definition) is 5. The van der Waals surface area contributed by atoms with Gasteiger partial charge in [-0.05, 0) is 82.6 Å². The van der Waals surface area contributed by atoms with Gasteiger partial charge in [-0.1, -0.05) is 11.6 Å². The van der Waals surface area contributed by atoms with E-state index in [1.165, 1.54) is 25.5 Å². The Hall–Kier alpha value is -0.790. The Bertz CT molecular complexity index is 377. The van der Waals surface area contributed by atoms with E-state index in [0.717, 1.165) is 16.8 Å². The quantitative estimate of drug-likeness (QED) is 0.334. The Morgan fingerprint density at radius 1 is 1.25 bits per heavy atom. The first-order valence-corrected chi connectivity index (χ1v) is 8.93. The Morgan fingerprint density at radius 3 is 2.12 bits per heavy atom. The van der Waals surface area contributed by atoms with Gasteiger partial charge in [-0.2, -0.15) is 0 Å². The van der Waals surface area contributed by atoms with Gasteiger partial charge in [0.15, 0.2) is 0 Å². The van der Waals surface area contributed by atoms with Crippen LogP contribution in [0.15, 0.2) is 21.5 Å². The SMILES string of the molecule is C=O.CNC(=O)OC(C)(C)C.CNCCCC/C=C(C)/C=C(\S)Br. The van der Waals surface area contributed by atoms with Gasteiger partial charge in [-0.3, -0.25) is 0 Å². The zero-order valence-corrected chi connectivity index (χ0v) is 18.2. The zero-order chi connectivity index (χ0) is 19.6. The minimum absolute atomic E-state index is 0.387. The number of hydrogen-bond donors (Lipinski definition) is 3. The number of carbonyl (C=O) groups is 2. The van der Waals surface area contributed by atoms with Gasteiger partial charge in [0.2, 0.25) is 0 Å². The molecule has 0 aliphatic heterocycles. The molecule has 0 unspecified atom stereocenters. The summed E-state index contributed by atoms with van der Waals surface area (Å²) in [5.41, 5.74) is 0.881. The number of allylic oxidation sites excluding steroid dienone is 3. The smallest absolute Gasteiger partial charge is 0.407 e. The Labute approximate surface area is 161 Å². The van der Waals surface area contributed by atoms with Gasteiger partial charge in [0, 0.05) is 10.9 Å². The third kappa shape index (κ3) is 29.2. The Kier molecular flexibility index (Phi) is 21.7. The molecule has 0 rings (SSSR count). The summed E-state index contributed by atoms with van der Waals surface area (Å²) in [5, 5.41) is 5.50. The molecule has 142 valence electrons. The summed E-state index contributed by atoms with van der Waals surface area (Å²) < 4.78 is 5.72. The standard InChI is InChI=1S/C10H18BrNS.C6H13NO2.CH2O/c1-9(8-10(11)13)6-4-3-5-7-12-2;1-6(2,3)9-5(8)7-4;1-2/h6,8,12-13H,3-5,7H2,1-2H3;1-4H3,(H,7,8);1H2/b9-6+,10-8-;;. The van der Waals surface area contributed by atoms with E-state index in [9.17, 15) is 4.79 Å². The first-order chi connectivity index (χ1) is 11.1.